The maximum absolute atomic E-state index is 12.9. The minimum atomic E-state index is -0.0634. The van der Waals surface area contributed by atoms with E-state index in [1.54, 1.807) is 12.3 Å². The average Bonchev–Trinajstić information content (AvgIpc) is 2.78. The number of nitrogens with one attached hydrogen (secondary N) is 2. The number of likely N-dealkylation sites (tertiary alicyclic amines) is 1. The molecule has 3 heterocycles. The highest BCUT2D eigenvalue weighted by Crippen LogP contribution is 2.42. The third-order valence-electron chi connectivity index (χ3n) is 5.76. The second-order valence-corrected chi connectivity index (χ2v) is 7.60. The Kier molecular flexibility index (Phi) is 4.77. The summed E-state index contributed by atoms with van der Waals surface area (Å²) >= 11 is 0. The Bertz CT molecular complexity index is 1060. The molecule has 5 rings (SSSR count). The minimum Gasteiger partial charge on any atom is -0.381 e. The number of para-hydroxylation sites is 1. The van der Waals surface area contributed by atoms with Gasteiger partial charge in [-0.1, -0.05) is 36.8 Å². The van der Waals surface area contributed by atoms with Crippen molar-refractivity contribution in [1.82, 2.24) is 15.2 Å². The molecule has 6 nitrogen and oxygen atoms in total. The van der Waals surface area contributed by atoms with Crippen LogP contribution in [0.1, 0.15) is 29.6 Å². The highest BCUT2D eigenvalue weighted by atomic mass is 16.6. The first-order valence-corrected chi connectivity index (χ1v) is 10.3. The largest absolute Gasteiger partial charge is 0.381 e. The average molecular weight is 388 g/mol. The first-order valence-electron chi connectivity index (χ1n) is 10.3. The standard InChI is InChI=1S/C23H24N4O2/c28-23(25-12-15-27-13-4-1-5-14-27)19-10-11-24-21-18(19)9-8-17-16-6-2-3-7-20(16)29-26-22(17)21/h2-3,6-11,26H,1,4-5,12-15H2,(H,25,28). The van der Waals surface area contributed by atoms with Gasteiger partial charge in [0.25, 0.3) is 5.91 Å². The lowest BCUT2D eigenvalue weighted by molar-refractivity contribution is 0.0948. The quantitative estimate of drug-likeness (QED) is 0.711. The number of benzene rings is 2. The van der Waals surface area contributed by atoms with E-state index < -0.39 is 0 Å². The molecular formula is C23H24N4O2. The van der Waals surface area contributed by atoms with Crippen LogP contribution in [-0.2, 0) is 0 Å². The molecule has 2 aliphatic heterocycles. The molecule has 2 aliphatic rings. The van der Waals surface area contributed by atoms with Crippen LogP contribution in [0.4, 0.5) is 5.69 Å². The Morgan fingerprint density at radius 2 is 1.93 bits per heavy atom. The van der Waals surface area contributed by atoms with E-state index in [2.05, 4.69) is 20.7 Å². The number of carbonyl (C=O) groups excluding carboxylic acids is 1. The SMILES string of the molecule is O=C(NCCN1CCCCC1)c1ccnc2c3c(ccc12)-c1ccccc1ON3. The summed E-state index contributed by atoms with van der Waals surface area (Å²) < 4.78 is 0. The minimum absolute atomic E-state index is 0.0634. The van der Waals surface area contributed by atoms with Crippen molar-refractivity contribution in [3.8, 4) is 16.9 Å². The number of fused-ring (bicyclic) bond motifs is 5. The van der Waals surface area contributed by atoms with Crippen LogP contribution >= 0.6 is 0 Å². The van der Waals surface area contributed by atoms with E-state index in [9.17, 15) is 4.79 Å². The molecule has 0 spiro atoms. The summed E-state index contributed by atoms with van der Waals surface area (Å²) in [6, 6.07) is 13.7. The number of pyridine rings is 1. The third kappa shape index (κ3) is 3.40. The smallest absolute Gasteiger partial charge is 0.252 e. The van der Waals surface area contributed by atoms with E-state index in [0.29, 0.717) is 12.1 Å². The molecule has 2 N–H and O–H groups in total. The number of hydrogen-bond acceptors (Lipinski definition) is 5. The van der Waals surface area contributed by atoms with Gasteiger partial charge in [0.05, 0.1) is 11.1 Å². The van der Waals surface area contributed by atoms with Crippen LogP contribution in [0.25, 0.3) is 22.0 Å². The van der Waals surface area contributed by atoms with E-state index in [0.717, 1.165) is 53.1 Å². The summed E-state index contributed by atoms with van der Waals surface area (Å²) in [6.45, 7) is 3.82. The number of rotatable bonds is 4. The lowest BCUT2D eigenvalue weighted by Gasteiger charge is -2.26. The lowest BCUT2D eigenvalue weighted by atomic mass is 9.97. The van der Waals surface area contributed by atoms with Gasteiger partial charge in [0.1, 0.15) is 5.69 Å². The number of piperidine rings is 1. The van der Waals surface area contributed by atoms with Crippen LogP contribution in [0.5, 0.6) is 5.75 Å². The zero-order valence-corrected chi connectivity index (χ0v) is 16.3. The number of hydrogen-bond donors (Lipinski definition) is 2. The third-order valence-corrected chi connectivity index (χ3v) is 5.76. The van der Waals surface area contributed by atoms with Crippen molar-refractivity contribution >= 4 is 22.5 Å². The van der Waals surface area contributed by atoms with E-state index in [1.807, 2.05) is 36.4 Å². The van der Waals surface area contributed by atoms with Crippen molar-refractivity contribution in [2.75, 3.05) is 31.7 Å². The maximum Gasteiger partial charge on any atom is 0.252 e. The predicted octanol–water partition coefficient (Wildman–Crippen LogP) is 3.84. The highest BCUT2D eigenvalue weighted by Gasteiger charge is 2.22. The molecule has 0 bridgehead atoms. The number of nitrogens with zero attached hydrogens (tertiary/aromatic N) is 2. The summed E-state index contributed by atoms with van der Waals surface area (Å²) in [5.74, 6) is 0.720. The van der Waals surface area contributed by atoms with Gasteiger partial charge in [-0.2, -0.15) is 0 Å². The first-order chi connectivity index (χ1) is 14.3. The molecule has 0 unspecified atom stereocenters. The van der Waals surface area contributed by atoms with Gasteiger partial charge in [-0.25, -0.2) is 5.48 Å². The molecule has 2 aromatic carbocycles. The fourth-order valence-corrected chi connectivity index (χ4v) is 4.23. The van der Waals surface area contributed by atoms with Gasteiger partial charge >= 0.3 is 0 Å². The van der Waals surface area contributed by atoms with Crippen LogP contribution in [-0.4, -0.2) is 42.0 Å². The highest BCUT2D eigenvalue weighted by molar-refractivity contribution is 6.11. The Balaban J connectivity index is 1.40. The summed E-state index contributed by atoms with van der Waals surface area (Å²) in [5.41, 5.74) is 7.22. The zero-order chi connectivity index (χ0) is 19.6. The summed E-state index contributed by atoms with van der Waals surface area (Å²) in [5, 5.41) is 3.89. The van der Waals surface area contributed by atoms with Gasteiger partial charge in [-0.15, -0.1) is 0 Å². The van der Waals surface area contributed by atoms with Crippen molar-refractivity contribution < 1.29 is 9.63 Å². The Morgan fingerprint density at radius 1 is 1.07 bits per heavy atom. The monoisotopic (exact) mass is 388 g/mol. The van der Waals surface area contributed by atoms with Crippen molar-refractivity contribution in [3.05, 3.63) is 54.2 Å². The van der Waals surface area contributed by atoms with Gasteiger partial charge < -0.3 is 15.1 Å². The topological polar surface area (TPSA) is 66.5 Å². The first kappa shape index (κ1) is 17.9. The predicted molar refractivity (Wildman–Crippen MR) is 114 cm³/mol. The maximum atomic E-state index is 12.9. The van der Waals surface area contributed by atoms with E-state index >= 15 is 0 Å². The molecule has 0 aliphatic carbocycles. The molecule has 0 saturated carbocycles. The molecule has 3 aromatic rings. The Labute approximate surface area is 169 Å². The van der Waals surface area contributed by atoms with Crippen molar-refractivity contribution in [3.63, 3.8) is 0 Å². The van der Waals surface area contributed by atoms with Crippen molar-refractivity contribution in [2.24, 2.45) is 0 Å². The summed E-state index contributed by atoms with van der Waals surface area (Å²) in [6.07, 6.45) is 5.52. The molecule has 0 radical (unpaired) electrons. The normalized spacial score (nSPS) is 15.7. The van der Waals surface area contributed by atoms with E-state index in [4.69, 9.17) is 4.84 Å². The molecule has 0 atom stereocenters. The van der Waals surface area contributed by atoms with Gasteiger partial charge in [-0.05, 0) is 38.1 Å². The molecule has 1 amide bonds. The van der Waals surface area contributed by atoms with E-state index in [-0.39, 0.29) is 5.91 Å². The second-order valence-electron chi connectivity index (χ2n) is 7.60. The van der Waals surface area contributed by atoms with E-state index in [1.165, 1.54) is 19.3 Å². The second kappa shape index (κ2) is 7.72. The Morgan fingerprint density at radius 3 is 2.83 bits per heavy atom. The lowest BCUT2D eigenvalue weighted by Crippen LogP contribution is -2.37. The van der Waals surface area contributed by atoms with Crippen LogP contribution in [0.3, 0.4) is 0 Å². The fraction of sp³-hybridized carbons (Fsp3) is 0.304. The number of amides is 1. The van der Waals surface area contributed by atoms with Gasteiger partial charge in [0.2, 0.25) is 0 Å². The van der Waals surface area contributed by atoms with Crippen LogP contribution in [0.15, 0.2) is 48.7 Å². The molecule has 148 valence electrons. The molecular weight excluding hydrogens is 364 g/mol. The summed E-state index contributed by atoms with van der Waals surface area (Å²) in [7, 11) is 0. The molecule has 1 saturated heterocycles. The molecule has 6 heteroatoms. The van der Waals surface area contributed by atoms with Gasteiger partial charge in [-0.3, -0.25) is 9.78 Å². The van der Waals surface area contributed by atoms with Crippen LogP contribution in [0, 0.1) is 0 Å². The number of aromatic nitrogens is 1. The number of anilines is 1. The fourth-order valence-electron chi connectivity index (χ4n) is 4.23. The van der Waals surface area contributed by atoms with Gasteiger partial charge in [0, 0.05) is 35.8 Å². The van der Waals surface area contributed by atoms with Crippen molar-refractivity contribution in [2.45, 2.75) is 19.3 Å². The zero-order valence-electron chi connectivity index (χ0n) is 16.3. The number of carbonyl (C=O) groups is 1. The molecule has 29 heavy (non-hydrogen) atoms. The summed E-state index contributed by atoms with van der Waals surface area (Å²) in [4.78, 5) is 25.5. The van der Waals surface area contributed by atoms with Crippen LogP contribution < -0.4 is 15.6 Å². The van der Waals surface area contributed by atoms with Crippen LogP contribution in [0.2, 0.25) is 0 Å². The molecule has 1 aromatic heterocycles. The van der Waals surface area contributed by atoms with Gasteiger partial charge in [0.15, 0.2) is 5.75 Å². The Hall–Kier alpha value is -3.12. The molecule has 1 fully saturated rings. The van der Waals surface area contributed by atoms with Crippen molar-refractivity contribution in [1.29, 1.82) is 0 Å².